The van der Waals surface area contributed by atoms with Gasteiger partial charge < -0.3 is 79.5 Å². The molecule has 0 saturated heterocycles. The van der Waals surface area contributed by atoms with Gasteiger partial charge in [0.1, 0.15) is 54.1 Å². The SMILES string of the molecule is CC[C@H](C)[C@H](NC(=O)[C@@H](NC(=O)[C@H](Cc1ccc(O)cc1)NC(=O)[C@@H](NC(=O)[C@H](CO)NC(=O)[C@@H](NC(=O)[C@H](C)NC(=O)[C@H](CC(C)C)NC(=O)[C@@H](N)CC(N)=O)[C@@H](C)O)[C@@H](C)CC)[C@@H](C)O)C(=O)O. The molecule has 394 valence electrons. The summed E-state index contributed by atoms with van der Waals surface area (Å²) in [6.07, 6.45) is -3.21. The predicted octanol–water partition coefficient (Wildman–Crippen LogP) is -3.99. The fourth-order valence-corrected chi connectivity index (χ4v) is 6.69. The Balaban J connectivity index is 3.33. The van der Waals surface area contributed by atoms with E-state index in [0.29, 0.717) is 12.0 Å². The summed E-state index contributed by atoms with van der Waals surface area (Å²) in [5, 5.41) is 69.9. The van der Waals surface area contributed by atoms with Crippen LogP contribution in [-0.2, 0) is 54.4 Å². The summed E-state index contributed by atoms with van der Waals surface area (Å²) < 4.78 is 0. The number of aliphatic hydroxyl groups is 3. The van der Waals surface area contributed by atoms with E-state index < -0.39 is 151 Å². The number of carboxylic acids is 1. The third-order valence-electron chi connectivity index (χ3n) is 11.4. The fourth-order valence-electron chi connectivity index (χ4n) is 6.69. The molecule has 1 aromatic carbocycles. The number of primary amides is 1. The first-order valence-electron chi connectivity index (χ1n) is 23.0. The fraction of sp³-hybridized carbons (Fsp3) is 0.644. The number of aliphatic hydroxyl groups excluding tert-OH is 3. The molecular formula is C45H74N10O15. The highest BCUT2D eigenvalue weighted by molar-refractivity contribution is 5.98. The van der Waals surface area contributed by atoms with Crippen LogP contribution in [0.15, 0.2) is 24.3 Å². The van der Waals surface area contributed by atoms with Crippen molar-refractivity contribution >= 4 is 59.1 Å². The first-order valence-corrected chi connectivity index (χ1v) is 23.0. The standard InChI is InChI=1S/C45H74N10O15/c1-10-21(5)33(42(66)50-30(17-26-12-14-27(59)15-13-26)40(64)55-36(25(9)58)44(68)53-34(45(69)70)22(6)11-2)52-41(65)31(19-56)51-43(67)35(24(8)57)54-37(61)23(7)48-39(63)29(16-20(3)4)49-38(62)28(46)18-32(47)60/h12-15,20-25,28-31,33-36,56-59H,10-11,16-19,46H2,1-9H3,(H2,47,60)(H,48,63)(H,49,62)(H,50,66)(H,51,67)(H,52,65)(H,53,68)(H,54,61)(H,55,64)(H,69,70)/t21-,22-,23-,24+,25+,28-,29-,30-,31-,33-,34-,35-,36-/m0/s1. The predicted molar refractivity (Wildman–Crippen MR) is 251 cm³/mol. The molecule has 70 heavy (non-hydrogen) atoms. The molecule has 25 heteroatoms. The van der Waals surface area contributed by atoms with Crippen LogP contribution in [0, 0.1) is 17.8 Å². The van der Waals surface area contributed by atoms with E-state index in [1.54, 1.807) is 41.5 Å². The Morgan fingerprint density at radius 1 is 0.543 bits per heavy atom. The molecule has 0 aliphatic rings. The van der Waals surface area contributed by atoms with E-state index in [0.717, 1.165) is 6.92 Å². The average molecular weight is 995 g/mol. The Morgan fingerprint density at radius 3 is 1.43 bits per heavy atom. The zero-order chi connectivity index (χ0) is 53.7. The normalized spacial score (nSPS) is 16.8. The summed E-state index contributed by atoms with van der Waals surface area (Å²) in [5.74, 6) is -11.6. The van der Waals surface area contributed by atoms with Gasteiger partial charge in [0, 0.05) is 6.42 Å². The summed E-state index contributed by atoms with van der Waals surface area (Å²) in [7, 11) is 0. The zero-order valence-electron chi connectivity index (χ0n) is 41.1. The second kappa shape index (κ2) is 29.6. The van der Waals surface area contributed by atoms with E-state index in [1.165, 1.54) is 38.1 Å². The summed E-state index contributed by atoms with van der Waals surface area (Å²) >= 11 is 0. The maximum absolute atomic E-state index is 14.1. The van der Waals surface area contributed by atoms with Gasteiger partial charge in [0.15, 0.2) is 0 Å². The highest BCUT2D eigenvalue weighted by Crippen LogP contribution is 2.15. The lowest BCUT2D eigenvalue weighted by molar-refractivity contribution is -0.144. The van der Waals surface area contributed by atoms with Crippen molar-refractivity contribution in [3.8, 4) is 5.75 Å². The number of hydrogen-bond donors (Lipinski definition) is 15. The molecule has 0 radical (unpaired) electrons. The van der Waals surface area contributed by atoms with Crippen LogP contribution in [0.5, 0.6) is 5.75 Å². The van der Waals surface area contributed by atoms with Gasteiger partial charge in [0.05, 0.1) is 31.3 Å². The second-order valence-electron chi connectivity index (χ2n) is 17.9. The summed E-state index contributed by atoms with van der Waals surface area (Å²) in [4.78, 5) is 131. The number of rotatable bonds is 30. The van der Waals surface area contributed by atoms with E-state index >= 15 is 0 Å². The number of amides is 9. The van der Waals surface area contributed by atoms with E-state index in [4.69, 9.17) is 11.5 Å². The first kappa shape index (κ1) is 61.6. The summed E-state index contributed by atoms with van der Waals surface area (Å²) in [6, 6.07) is -8.03. The number of benzene rings is 1. The second-order valence-corrected chi connectivity index (χ2v) is 17.9. The van der Waals surface area contributed by atoms with Crippen molar-refractivity contribution in [2.24, 2.45) is 29.2 Å². The zero-order valence-corrected chi connectivity index (χ0v) is 41.1. The Bertz CT molecular complexity index is 1970. The van der Waals surface area contributed by atoms with Crippen molar-refractivity contribution in [3.63, 3.8) is 0 Å². The molecule has 0 fully saturated rings. The Kier molecular flexibility index (Phi) is 26.0. The molecule has 0 unspecified atom stereocenters. The molecule has 0 aliphatic heterocycles. The van der Waals surface area contributed by atoms with Crippen molar-refractivity contribution in [1.82, 2.24) is 42.5 Å². The van der Waals surface area contributed by atoms with Crippen LogP contribution in [0.25, 0.3) is 0 Å². The topological polar surface area (TPSA) is 420 Å². The molecule has 1 rings (SSSR count). The number of carbonyl (C=O) groups is 10. The van der Waals surface area contributed by atoms with Crippen molar-refractivity contribution in [1.29, 1.82) is 0 Å². The van der Waals surface area contributed by atoms with Crippen molar-refractivity contribution in [3.05, 3.63) is 29.8 Å². The number of phenols is 1. The molecule has 0 saturated carbocycles. The Morgan fingerprint density at radius 2 is 0.957 bits per heavy atom. The quantitative estimate of drug-likeness (QED) is 0.0349. The Hall–Kier alpha value is -6.44. The number of carbonyl (C=O) groups excluding carboxylic acids is 9. The lowest BCUT2D eigenvalue weighted by Crippen LogP contribution is -2.63. The van der Waals surface area contributed by atoms with Crippen molar-refractivity contribution in [2.75, 3.05) is 6.61 Å². The van der Waals surface area contributed by atoms with Crippen molar-refractivity contribution in [2.45, 2.75) is 161 Å². The van der Waals surface area contributed by atoms with Gasteiger partial charge in [-0.1, -0.05) is 66.5 Å². The maximum Gasteiger partial charge on any atom is 0.326 e. The molecule has 9 amide bonds. The van der Waals surface area contributed by atoms with Gasteiger partial charge >= 0.3 is 5.97 Å². The third kappa shape index (κ3) is 20.3. The highest BCUT2D eigenvalue weighted by Gasteiger charge is 2.38. The molecule has 0 aromatic heterocycles. The van der Waals surface area contributed by atoms with Gasteiger partial charge in [-0.05, 0) is 62.6 Å². The third-order valence-corrected chi connectivity index (χ3v) is 11.4. The average Bonchev–Trinajstić information content (AvgIpc) is 3.28. The minimum absolute atomic E-state index is 0.0922. The minimum Gasteiger partial charge on any atom is -0.508 e. The van der Waals surface area contributed by atoms with Crippen LogP contribution in [0.3, 0.4) is 0 Å². The van der Waals surface area contributed by atoms with E-state index in [9.17, 15) is 73.5 Å². The molecule has 1 aromatic rings. The molecule has 17 N–H and O–H groups in total. The largest absolute Gasteiger partial charge is 0.508 e. The summed E-state index contributed by atoms with van der Waals surface area (Å²) in [5.41, 5.74) is 11.2. The molecule has 0 bridgehead atoms. The lowest BCUT2D eigenvalue weighted by atomic mass is 9.96. The van der Waals surface area contributed by atoms with E-state index in [1.807, 2.05) is 0 Å². The number of hydrogen-bond acceptors (Lipinski definition) is 15. The lowest BCUT2D eigenvalue weighted by Gasteiger charge is -2.30. The van der Waals surface area contributed by atoms with Crippen LogP contribution < -0.4 is 54.0 Å². The maximum atomic E-state index is 14.1. The number of carboxylic acid groups (broad SMARTS) is 1. The van der Waals surface area contributed by atoms with Gasteiger partial charge in [-0.25, -0.2) is 4.79 Å². The smallest absolute Gasteiger partial charge is 0.326 e. The van der Waals surface area contributed by atoms with E-state index in [2.05, 4.69) is 42.5 Å². The highest BCUT2D eigenvalue weighted by atomic mass is 16.4. The molecule has 0 spiro atoms. The monoisotopic (exact) mass is 995 g/mol. The molecular weight excluding hydrogens is 921 g/mol. The molecule has 0 heterocycles. The van der Waals surface area contributed by atoms with Gasteiger partial charge in [-0.15, -0.1) is 0 Å². The van der Waals surface area contributed by atoms with Crippen molar-refractivity contribution < 1.29 is 73.5 Å². The first-order chi connectivity index (χ1) is 32.6. The number of aliphatic carboxylic acids is 1. The van der Waals surface area contributed by atoms with Gasteiger partial charge in [-0.3, -0.25) is 43.2 Å². The number of nitrogens with two attached hydrogens (primary N) is 2. The molecule has 25 nitrogen and oxygen atoms in total. The van der Waals surface area contributed by atoms with Crippen LogP contribution in [0.1, 0.15) is 93.6 Å². The van der Waals surface area contributed by atoms with E-state index in [-0.39, 0.29) is 30.9 Å². The number of phenolic OH excluding ortho intramolecular Hbond substituents is 1. The van der Waals surface area contributed by atoms with Gasteiger partial charge in [-0.2, -0.15) is 0 Å². The number of aromatic hydroxyl groups is 1. The number of nitrogens with one attached hydrogen (secondary N) is 8. The molecule has 13 atom stereocenters. The van der Waals surface area contributed by atoms with Crippen LogP contribution in [-0.4, -0.2) is 158 Å². The van der Waals surface area contributed by atoms with Crippen LogP contribution in [0.4, 0.5) is 0 Å². The van der Waals surface area contributed by atoms with Gasteiger partial charge in [0.2, 0.25) is 53.2 Å². The van der Waals surface area contributed by atoms with Crippen LogP contribution in [0.2, 0.25) is 0 Å². The van der Waals surface area contributed by atoms with Crippen LogP contribution >= 0.6 is 0 Å². The summed E-state index contributed by atoms with van der Waals surface area (Å²) in [6.45, 7) is 12.6. The minimum atomic E-state index is -1.80. The molecule has 0 aliphatic carbocycles. The van der Waals surface area contributed by atoms with Gasteiger partial charge in [0.25, 0.3) is 0 Å². The Labute approximate surface area is 406 Å².